The number of carboxylic acid groups (broad SMARTS) is 1. The molecule has 0 aromatic heterocycles. The summed E-state index contributed by atoms with van der Waals surface area (Å²) in [4.78, 5) is 45.3. The second-order valence-corrected chi connectivity index (χ2v) is 13.1. The van der Waals surface area contributed by atoms with Gasteiger partial charge in [0.05, 0.1) is 13.2 Å². The van der Waals surface area contributed by atoms with Gasteiger partial charge in [-0.3, -0.25) is 23.4 Å². The molecule has 0 aromatic rings. The summed E-state index contributed by atoms with van der Waals surface area (Å²) in [7, 11) is -4.69. The number of carboxylic acids is 1. The fourth-order valence-electron chi connectivity index (χ4n) is 4.47. The third kappa shape index (κ3) is 29.4. The van der Waals surface area contributed by atoms with Crippen LogP contribution in [0.25, 0.3) is 0 Å². The largest absolute Gasteiger partial charge is 0.480 e. The summed E-state index contributed by atoms with van der Waals surface area (Å²) in [5.41, 5.74) is 5.28. The van der Waals surface area contributed by atoms with E-state index in [4.69, 9.17) is 24.8 Å². The third-order valence-electron chi connectivity index (χ3n) is 7.26. The van der Waals surface area contributed by atoms with Crippen LogP contribution < -0.4 is 5.73 Å². The molecule has 11 nitrogen and oxygen atoms in total. The average Bonchev–Trinajstić information content (AvgIpc) is 3.00. The average molecular weight is 664 g/mol. The van der Waals surface area contributed by atoms with Gasteiger partial charge in [0.15, 0.2) is 6.10 Å². The molecule has 0 bridgehead atoms. The van der Waals surface area contributed by atoms with E-state index in [2.05, 4.69) is 30.5 Å². The minimum Gasteiger partial charge on any atom is -0.480 e. The monoisotopic (exact) mass is 663 g/mol. The summed E-state index contributed by atoms with van der Waals surface area (Å²) < 4.78 is 32.3. The Hall–Kier alpha value is -1.78. The third-order valence-corrected chi connectivity index (χ3v) is 8.21. The molecule has 0 heterocycles. The zero-order chi connectivity index (χ0) is 33.6. The van der Waals surface area contributed by atoms with Crippen LogP contribution in [0, 0.1) is 0 Å². The van der Waals surface area contributed by atoms with Gasteiger partial charge in [0, 0.05) is 12.8 Å². The molecule has 0 radical (unpaired) electrons. The number of rotatable bonds is 32. The molecule has 0 saturated heterocycles. The molecule has 264 valence electrons. The molecule has 0 amide bonds. The van der Waals surface area contributed by atoms with Crippen LogP contribution >= 0.6 is 7.82 Å². The second kappa shape index (κ2) is 29.6. The molecule has 3 unspecified atom stereocenters. The summed E-state index contributed by atoms with van der Waals surface area (Å²) >= 11 is 0. The van der Waals surface area contributed by atoms with E-state index in [1.165, 1.54) is 44.9 Å². The first-order valence-electron chi connectivity index (χ1n) is 17.2. The van der Waals surface area contributed by atoms with Gasteiger partial charge in [0.2, 0.25) is 0 Å². The van der Waals surface area contributed by atoms with Gasteiger partial charge in [-0.05, 0) is 38.5 Å². The Labute approximate surface area is 271 Å². The van der Waals surface area contributed by atoms with Crippen LogP contribution in [0.2, 0.25) is 0 Å². The standard InChI is InChI=1S/C33H62NO10P/c1-3-5-7-9-10-11-12-13-14-15-16-17-18-19-21-23-25-32(36)44-29(26-41-31(35)24-22-20-8-6-4-2)27-42-45(39,40)43-28-30(34)33(37)38/h14-15,29-30H,3-13,16-28,34H2,1-2H3,(H,37,38)(H,39,40)/b15-14-. The number of hydrogen-bond donors (Lipinski definition) is 3. The van der Waals surface area contributed by atoms with E-state index in [0.29, 0.717) is 12.8 Å². The number of allylic oxidation sites excluding steroid dienone is 2. The van der Waals surface area contributed by atoms with Gasteiger partial charge in [0.25, 0.3) is 0 Å². The zero-order valence-corrected chi connectivity index (χ0v) is 28.9. The highest BCUT2D eigenvalue weighted by Crippen LogP contribution is 2.43. The Balaban J connectivity index is 4.37. The van der Waals surface area contributed by atoms with Gasteiger partial charge in [-0.1, -0.05) is 109 Å². The van der Waals surface area contributed by atoms with Gasteiger partial charge >= 0.3 is 25.7 Å². The zero-order valence-electron chi connectivity index (χ0n) is 28.0. The number of aliphatic carboxylic acids is 1. The Morgan fingerprint density at radius 1 is 0.667 bits per heavy atom. The predicted octanol–water partition coefficient (Wildman–Crippen LogP) is 7.78. The van der Waals surface area contributed by atoms with Crippen molar-refractivity contribution in [2.24, 2.45) is 5.73 Å². The van der Waals surface area contributed by atoms with Crippen molar-refractivity contribution in [2.45, 2.75) is 161 Å². The number of nitrogens with two attached hydrogens (primary N) is 1. The number of ether oxygens (including phenoxy) is 2. The Morgan fingerprint density at radius 2 is 1.11 bits per heavy atom. The van der Waals surface area contributed by atoms with Crippen molar-refractivity contribution in [3.63, 3.8) is 0 Å². The summed E-state index contributed by atoms with van der Waals surface area (Å²) in [6, 6.07) is -1.52. The van der Waals surface area contributed by atoms with Crippen LogP contribution in [-0.4, -0.2) is 59.9 Å². The van der Waals surface area contributed by atoms with Crippen molar-refractivity contribution in [1.29, 1.82) is 0 Å². The smallest absolute Gasteiger partial charge is 0.472 e. The van der Waals surface area contributed by atoms with E-state index < -0.39 is 51.1 Å². The van der Waals surface area contributed by atoms with Gasteiger partial charge in [0.1, 0.15) is 12.6 Å². The number of hydrogen-bond acceptors (Lipinski definition) is 9. The van der Waals surface area contributed by atoms with Gasteiger partial charge in [-0.2, -0.15) is 0 Å². The highest BCUT2D eigenvalue weighted by molar-refractivity contribution is 7.47. The highest BCUT2D eigenvalue weighted by Gasteiger charge is 2.28. The predicted molar refractivity (Wildman–Crippen MR) is 176 cm³/mol. The van der Waals surface area contributed by atoms with E-state index in [-0.39, 0.29) is 19.4 Å². The normalized spacial score (nSPS) is 14.2. The molecular weight excluding hydrogens is 601 g/mol. The van der Waals surface area contributed by atoms with E-state index in [0.717, 1.165) is 64.2 Å². The number of carbonyl (C=O) groups is 3. The Morgan fingerprint density at radius 3 is 1.62 bits per heavy atom. The van der Waals surface area contributed by atoms with Crippen LogP contribution in [0.15, 0.2) is 12.2 Å². The molecule has 0 fully saturated rings. The van der Waals surface area contributed by atoms with Crippen LogP contribution in [0.5, 0.6) is 0 Å². The fraction of sp³-hybridized carbons (Fsp3) is 0.848. The number of phosphoric ester groups is 1. The second-order valence-electron chi connectivity index (χ2n) is 11.7. The molecule has 0 spiro atoms. The van der Waals surface area contributed by atoms with Crippen molar-refractivity contribution in [3.8, 4) is 0 Å². The van der Waals surface area contributed by atoms with Crippen LogP contribution in [0.3, 0.4) is 0 Å². The molecule has 3 atom stereocenters. The number of esters is 2. The summed E-state index contributed by atoms with van der Waals surface area (Å²) in [6.45, 7) is 2.66. The fourth-order valence-corrected chi connectivity index (χ4v) is 5.25. The van der Waals surface area contributed by atoms with Crippen LogP contribution in [0.4, 0.5) is 0 Å². The molecule has 0 aliphatic carbocycles. The van der Waals surface area contributed by atoms with Crippen molar-refractivity contribution in [1.82, 2.24) is 0 Å². The number of unbranched alkanes of at least 4 members (excludes halogenated alkanes) is 16. The molecule has 0 rings (SSSR count). The Kier molecular flexibility index (Phi) is 28.4. The van der Waals surface area contributed by atoms with E-state index in [1.807, 2.05) is 0 Å². The van der Waals surface area contributed by atoms with Crippen LogP contribution in [-0.2, 0) is 37.5 Å². The first-order valence-corrected chi connectivity index (χ1v) is 18.7. The molecule has 4 N–H and O–H groups in total. The van der Waals surface area contributed by atoms with E-state index in [9.17, 15) is 23.8 Å². The maximum atomic E-state index is 12.5. The minimum atomic E-state index is -4.69. The van der Waals surface area contributed by atoms with Crippen molar-refractivity contribution >= 4 is 25.7 Å². The lowest BCUT2D eigenvalue weighted by molar-refractivity contribution is -0.161. The van der Waals surface area contributed by atoms with Crippen LogP contribution in [0.1, 0.15) is 149 Å². The van der Waals surface area contributed by atoms with Gasteiger partial charge < -0.3 is 25.2 Å². The number of phosphoric acid groups is 1. The van der Waals surface area contributed by atoms with Crippen molar-refractivity contribution < 1.29 is 47.5 Å². The first kappa shape index (κ1) is 43.2. The maximum Gasteiger partial charge on any atom is 0.472 e. The molecule has 0 saturated carbocycles. The lowest BCUT2D eigenvalue weighted by atomic mass is 10.1. The van der Waals surface area contributed by atoms with Crippen molar-refractivity contribution in [3.05, 3.63) is 12.2 Å². The summed E-state index contributed by atoms with van der Waals surface area (Å²) in [6.07, 6.45) is 24.8. The Bertz CT molecular complexity index is 838. The molecular formula is C33H62NO10P. The lowest BCUT2D eigenvalue weighted by Gasteiger charge is -2.20. The molecule has 0 aromatic carbocycles. The summed E-state index contributed by atoms with van der Waals surface area (Å²) in [5, 5.41) is 8.81. The SMILES string of the molecule is CCCCCCCCC/C=C\CCCCCCCC(=O)OC(COC(=O)CCCCCCC)COP(=O)(O)OCC(N)C(=O)O. The van der Waals surface area contributed by atoms with Gasteiger partial charge in [-0.15, -0.1) is 0 Å². The van der Waals surface area contributed by atoms with E-state index >= 15 is 0 Å². The summed E-state index contributed by atoms with van der Waals surface area (Å²) in [5.74, 6) is -2.40. The first-order chi connectivity index (χ1) is 21.6. The molecule has 0 aliphatic rings. The minimum absolute atomic E-state index is 0.154. The lowest BCUT2D eigenvalue weighted by Crippen LogP contribution is -2.34. The maximum absolute atomic E-state index is 12.5. The topological polar surface area (TPSA) is 172 Å². The number of carbonyl (C=O) groups excluding carboxylic acids is 2. The molecule has 12 heteroatoms. The molecule has 45 heavy (non-hydrogen) atoms. The van der Waals surface area contributed by atoms with Gasteiger partial charge in [-0.25, -0.2) is 4.57 Å². The van der Waals surface area contributed by atoms with E-state index in [1.54, 1.807) is 0 Å². The molecule has 0 aliphatic heterocycles. The quantitative estimate of drug-likeness (QED) is 0.0278. The highest BCUT2D eigenvalue weighted by atomic mass is 31.2. The van der Waals surface area contributed by atoms with Crippen molar-refractivity contribution in [2.75, 3.05) is 19.8 Å².